The standard InChI is InChI=1S/C11H11ClFNO3/c1-14(5-4-10(15)16)11(17)7-2-3-9(13)8(12)6-7/h2-3,6H,4-5H2,1H3,(H,15,16). The van der Waals surface area contributed by atoms with Crippen LogP contribution in [0, 0.1) is 5.82 Å². The van der Waals surface area contributed by atoms with Gasteiger partial charge in [-0.05, 0) is 18.2 Å². The summed E-state index contributed by atoms with van der Waals surface area (Å²) in [6.45, 7) is 0.0865. The molecule has 1 N–H and O–H groups in total. The molecule has 0 aliphatic rings. The Morgan fingerprint density at radius 1 is 1.47 bits per heavy atom. The molecule has 4 nitrogen and oxygen atoms in total. The predicted octanol–water partition coefficient (Wildman–Crippen LogP) is 2.03. The normalized spacial score (nSPS) is 10.1. The molecule has 92 valence electrons. The van der Waals surface area contributed by atoms with Crippen molar-refractivity contribution < 1.29 is 19.1 Å². The number of halogens is 2. The van der Waals surface area contributed by atoms with Crippen LogP contribution in [0.4, 0.5) is 4.39 Å². The van der Waals surface area contributed by atoms with E-state index in [0.717, 1.165) is 6.07 Å². The van der Waals surface area contributed by atoms with E-state index in [9.17, 15) is 14.0 Å². The number of hydrogen-bond donors (Lipinski definition) is 1. The van der Waals surface area contributed by atoms with Crippen molar-refractivity contribution in [2.24, 2.45) is 0 Å². The van der Waals surface area contributed by atoms with E-state index in [4.69, 9.17) is 16.7 Å². The number of rotatable bonds is 4. The van der Waals surface area contributed by atoms with Crippen LogP contribution in [0.5, 0.6) is 0 Å². The van der Waals surface area contributed by atoms with Crippen molar-refractivity contribution in [3.8, 4) is 0 Å². The van der Waals surface area contributed by atoms with Crippen molar-refractivity contribution >= 4 is 23.5 Å². The summed E-state index contributed by atoms with van der Waals surface area (Å²) in [5, 5.41) is 8.35. The van der Waals surface area contributed by atoms with Gasteiger partial charge in [0, 0.05) is 19.2 Å². The van der Waals surface area contributed by atoms with E-state index in [1.54, 1.807) is 0 Å². The molecule has 1 rings (SSSR count). The minimum atomic E-state index is -0.984. The molecule has 0 aliphatic carbocycles. The van der Waals surface area contributed by atoms with E-state index >= 15 is 0 Å². The van der Waals surface area contributed by atoms with Gasteiger partial charge in [-0.1, -0.05) is 11.6 Å². The molecular weight excluding hydrogens is 249 g/mol. The fraction of sp³-hybridized carbons (Fsp3) is 0.273. The summed E-state index contributed by atoms with van der Waals surface area (Å²) < 4.78 is 12.9. The van der Waals surface area contributed by atoms with Gasteiger partial charge >= 0.3 is 5.97 Å². The van der Waals surface area contributed by atoms with E-state index < -0.39 is 17.7 Å². The number of aliphatic carboxylic acids is 1. The molecule has 1 aromatic rings. The smallest absolute Gasteiger partial charge is 0.305 e. The minimum Gasteiger partial charge on any atom is -0.481 e. The van der Waals surface area contributed by atoms with Gasteiger partial charge < -0.3 is 10.0 Å². The maximum absolute atomic E-state index is 12.9. The molecule has 0 saturated carbocycles. The first-order valence-electron chi connectivity index (χ1n) is 4.84. The molecule has 0 bridgehead atoms. The number of hydrogen-bond acceptors (Lipinski definition) is 2. The Morgan fingerprint density at radius 3 is 2.65 bits per heavy atom. The predicted molar refractivity (Wildman–Crippen MR) is 60.6 cm³/mol. The van der Waals surface area contributed by atoms with E-state index in [1.807, 2.05) is 0 Å². The van der Waals surface area contributed by atoms with Gasteiger partial charge in [0.15, 0.2) is 0 Å². The van der Waals surface area contributed by atoms with Gasteiger partial charge in [0.2, 0.25) is 0 Å². The lowest BCUT2D eigenvalue weighted by atomic mass is 10.2. The summed E-state index contributed by atoms with van der Waals surface area (Å²) in [4.78, 5) is 23.4. The average molecular weight is 260 g/mol. The molecule has 0 saturated heterocycles. The maximum atomic E-state index is 12.9. The van der Waals surface area contributed by atoms with E-state index in [-0.39, 0.29) is 23.6 Å². The average Bonchev–Trinajstić information content (AvgIpc) is 2.28. The summed E-state index contributed by atoms with van der Waals surface area (Å²) in [6.07, 6.45) is -0.142. The number of carboxylic acids is 1. The largest absolute Gasteiger partial charge is 0.481 e. The first-order valence-corrected chi connectivity index (χ1v) is 5.22. The zero-order chi connectivity index (χ0) is 13.0. The Hall–Kier alpha value is -1.62. The molecule has 17 heavy (non-hydrogen) atoms. The molecule has 0 spiro atoms. The second kappa shape index (κ2) is 5.63. The van der Waals surface area contributed by atoms with Crippen LogP contribution in [0.25, 0.3) is 0 Å². The lowest BCUT2D eigenvalue weighted by Gasteiger charge is -2.16. The highest BCUT2D eigenvalue weighted by Gasteiger charge is 2.14. The Morgan fingerprint density at radius 2 is 2.12 bits per heavy atom. The first kappa shape index (κ1) is 13.4. The minimum absolute atomic E-state index is 0.0865. The summed E-state index contributed by atoms with van der Waals surface area (Å²) in [5.74, 6) is -1.98. The molecule has 0 fully saturated rings. The van der Waals surface area contributed by atoms with Gasteiger partial charge in [0.05, 0.1) is 11.4 Å². The van der Waals surface area contributed by atoms with Crippen molar-refractivity contribution in [2.45, 2.75) is 6.42 Å². The van der Waals surface area contributed by atoms with Crippen molar-refractivity contribution in [1.82, 2.24) is 4.90 Å². The lowest BCUT2D eigenvalue weighted by molar-refractivity contribution is -0.137. The Bertz CT molecular complexity index is 450. The second-order valence-electron chi connectivity index (χ2n) is 3.50. The van der Waals surface area contributed by atoms with Gasteiger partial charge in [0.25, 0.3) is 5.91 Å². The molecule has 0 unspecified atom stereocenters. The van der Waals surface area contributed by atoms with Gasteiger partial charge in [-0.15, -0.1) is 0 Å². The van der Waals surface area contributed by atoms with Crippen molar-refractivity contribution in [3.05, 3.63) is 34.6 Å². The molecule has 0 aromatic heterocycles. The first-order chi connectivity index (χ1) is 7.91. The van der Waals surface area contributed by atoms with Gasteiger partial charge in [0.1, 0.15) is 5.82 Å². The second-order valence-corrected chi connectivity index (χ2v) is 3.91. The van der Waals surface area contributed by atoms with Gasteiger partial charge in [-0.25, -0.2) is 4.39 Å². The van der Waals surface area contributed by atoms with E-state index in [0.29, 0.717) is 0 Å². The van der Waals surface area contributed by atoms with Crippen molar-refractivity contribution in [2.75, 3.05) is 13.6 Å². The highest BCUT2D eigenvalue weighted by Crippen LogP contribution is 2.17. The van der Waals surface area contributed by atoms with Crippen LogP contribution >= 0.6 is 11.6 Å². The zero-order valence-electron chi connectivity index (χ0n) is 9.11. The molecule has 0 atom stereocenters. The van der Waals surface area contributed by atoms with Crippen LogP contribution in [0.1, 0.15) is 16.8 Å². The Labute approximate surface area is 103 Å². The number of nitrogens with zero attached hydrogens (tertiary/aromatic N) is 1. The van der Waals surface area contributed by atoms with Gasteiger partial charge in [-0.2, -0.15) is 0 Å². The Kier molecular flexibility index (Phi) is 4.45. The topological polar surface area (TPSA) is 57.6 Å². The third-order valence-corrected chi connectivity index (χ3v) is 2.46. The number of carboxylic acid groups (broad SMARTS) is 1. The molecule has 6 heteroatoms. The number of carbonyl (C=O) groups is 2. The van der Waals surface area contributed by atoms with Crippen LogP contribution < -0.4 is 0 Å². The van der Waals surface area contributed by atoms with Crippen LogP contribution in [0.3, 0.4) is 0 Å². The fourth-order valence-corrected chi connectivity index (χ4v) is 1.39. The van der Waals surface area contributed by atoms with Crippen molar-refractivity contribution in [3.63, 3.8) is 0 Å². The van der Waals surface area contributed by atoms with Crippen LogP contribution in [0.15, 0.2) is 18.2 Å². The van der Waals surface area contributed by atoms with Crippen molar-refractivity contribution in [1.29, 1.82) is 0 Å². The SMILES string of the molecule is CN(CCC(=O)O)C(=O)c1ccc(F)c(Cl)c1. The van der Waals surface area contributed by atoms with Gasteiger partial charge in [-0.3, -0.25) is 9.59 Å². The zero-order valence-corrected chi connectivity index (χ0v) is 9.87. The summed E-state index contributed by atoms with van der Waals surface area (Å²) in [5.41, 5.74) is 0.226. The molecule has 0 aliphatic heterocycles. The number of benzene rings is 1. The highest BCUT2D eigenvalue weighted by molar-refractivity contribution is 6.31. The van der Waals surface area contributed by atoms with E-state index in [1.165, 1.54) is 24.1 Å². The van der Waals surface area contributed by atoms with E-state index in [2.05, 4.69) is 0 Å². The summed E-state index contributed by atoms with van der Waals surface area (Å²) >= 11 is 5.55. The molecule has 0 radical (unpaired) electrons. The molecular formula is C11H11ClFNO3. The Balaban J connectivity index is 2.74. The lowest BCUT2D eigenvalue weighted by Crippen LogP contribution is -2.29. The monoisotopic (exact) mass is 259 g/mol. The molecule has 1 aromatic carbocycles. The highest BCUT2D eigenvalue weighted by atomic mass is 35.5. The fourth-order valence-electron chi connectivity index (χ4n) is 1.21. The summed E-state index contributed by atoms with van der Waals surface area (Å²) in [6, 6.07) is 3.62. The molecule has 1 amide bonds. The number of amides is 1. The van der Waals surface area contributed by atoms with Crippen LogP contribution in [0.2, 0.25) is 5.02 Å². The maximum Gasteiger partial charge on any atom is 0.305 e. The molecule has 0 heterocycles. The third-order valence-electron chi connectivity index (χ3n) is 2.17. The third kappa shape index (κ3) is 3.71. The summed E-state index contributed by atoms with van der Waals surface area (Å²) in [7, 11) is 1.47. The van der Waals surface area contributed by atoms with Crippen LogP contribution in [-0.2, 0) is 4.79 Å². The number of carbonyl (C=O) groups excluding carboxylic acids is 1. The quantitative estimate of drug-likeness (QED) is 0.900. The van der Waals surface area contributed by atoms with Crippen LogP contribution in [-0.4, -0.2) is 35.5 Å².